The summed E-state index contributed by atoms with van der Waals surface area (Å²) in [5.74, 6) is -0.166. The number of likely N-dealkylation sites (tertiary alicyclic amines) is 1. The van der Waals surface area contributed by atoms with E-state index in [2.05, 4.69) is 51.4 Å². The van der Waals surface area contributed by atoms with E-state index in [-0.39, 0.29) is 18.7 Å². The number of carbonyl (C=O) groups excluding carboxylic acids is 2. The first-order chi connectivity index (χ1) is 20.9. The van der Waals surface area contributed by atoms with Gasteiger partial charge in [-0.15, -0.1) is 0 Å². The predicted molar refractivity (Wildman–Crippen MR) is 168 cm³/mol. The van der Waals surface area contributed by atoms with Gasteiger partial charge in [0.25, 0.3) is 0 Å². The molecule has 1 aliphatic carbocycles. The molecule has 2 saturated heterocycles. The number of carbonyl (C=O) groups is 2. The van der Waals surface area contributed by atoms with Crippen molar-refractivity contribution in [3.05, 3.63) is 65.4 Å². The van der Waals surface area contributed by atoms with Crippen molar-refractivity contribution in [2.24, 2.45) is 0 Å². The number of hydrogen-bond acceptors (Lipinski definition) is 8. The molecule has 0 bridgehead atoms. The number of aryl methyl sites for hydroxylation is 1. The molecule has 3 aromatic rings. The zero-order valence-electron chi connectivity index (χ0n) is 25.7. The summed E-state index contributed by atoms with van der Waals surface area (Å²) in [6.45, 7) is 8.41. The molecular weight excluding hydrogens is 540 g/mol. The maximum absolute atomic E-state index is 13.5. The number of aromatic nitrogens is 2. The van der Waals surface area contributed by atoms with Crippen molar-refractivity contribution in [2.45, 2.75) is 76.1 Å². The molecule has 1 aromatic heterocycles. The number of rotatable bonds is 10. The van der Waals surface area contributed by atoms with Crippen LogP contribution in [0.15, 0.2) is 48.7 Å². The van der Waals surface area contributed by atoms with Crippen molar-refractivity contribution in [3.63, 3.8) is 0 Å². The highest BCUT2D eigenvalue weighted by molar-refractivity contribution is 5.84. The number of hydrogen-bond donors (Lipinski definition) is 1. The monoisotopic (exact) mass is 586 g/mol. The Bertz CT molecular complexity index is 1390. The highest BCUT2D eigenvalue weighted by Gasteiger charge is 2.44. The van der Waals surface area contributed by atoms with E-state index < -0.39 is 5.41 Å². The number of hydrazine groups is 1. The summed E-state index contributed by atoms with van der Waals surface area (Å²) >= 11 is 0. The van der Waals surface area contributed by atoms with Crippen LogP contribution in [-0.2, 0) is 32.9 Å². The molecule has 1 saturated carbocycles. The van der Waals surface area contributed by atoms with Gasteiger partial charge in [0.05, 0.1) is 23.2 Å². The van der Waals surface area contributed by atoms with E-state index in [9.17, 15) is 9.59 Å². The number of nitrogens with one attached hydrogen (secondary N) is 1. The van der Waals surface area contributed by atoms with Crippen LogP contribution < -0.4 is 5.43 Å². The highest BCUT2D eigenvalue weighted by atomic mass is 16.5. The second-order valence-electron chi connectivity index (χ2n) is 12.8. The second kappa shape index (κ2) is 13.3. The molecule has 3 heterocycles. The van der Waals surface area contributed by atoms with Gasteiger partial charge in [-0.2, -0.15) is 5.10 Å². The average Bonchev–Trinajstić information content (AvgIpc) is 3.70. The molecule has 2 aromatic carbocycles. The molecule has 9 heteroatoms. The van der Waals surface area contributed by atoms with E-state index in [1.807, 2.05) is 36.5 Å². The minimum Gasteiger partial charge on any atom is -0.442 e. The van der Waals surface area contributed by atoms with Crippen LogP contribution in [0.5, 0.6) is 0 Å². The van der Waals surface area contributed by atoms with Gasteiger partial charge in [0.1, 0.15) is 6.29 Å². The summed E-state index contributed by atoms with van der Waals surface area (Å²) in [4.78, 5) is 30.6. The number of aldehydes is 1. The van der Waals surface area contributed by atoms with Gasteiger partial charge in [-0.3, -0.25) is 9.69 Å². The lowest BCUT2D eigenvalue weighted by atomic mass is 9.79. The minimum atomic E-state index is -0.567. The number of ether oxygens (including phenoxy) is 1. The van der Waals surface area contributed by atoms with E-state index in [0.717, 1.165) is 85.7 Å². The number of esters is 1. The SMILES string of the molecule is Cc1cc(C[C@H](C=O)NN2CCN(C3CCN(C)CC3)CC2)cc2cnn(COC(=O)C3(c4ccccc4)CCCC3)c12. The molecule has 230 valence electrons. The van der Waals surface area contributed by atoms with E-state index in [1.165, 1.54) is 25.9 Å². The van der Waals surface area contributed by atoms with Crippen molar-refractivity contribution in [1.29, 1.82) is 0 Å². The minimum absolute atomic E-state index is 0.0825. The fourth-order valence-electron chi connectivity index (χ4n) is 7.53. The first-order valence-electron chi connectivity index (χ1n) is 16.0. The van der Waals surface area contributed by atoms with Gasteiger partial charge in [-0.05, 0) is 81.9 Å². The number of benzene rings is 2. The van der Waals surface area contributed by atoms with Crippen LogP contribution in [0.4, 0.5) is 0 Å². The summed E-state index contributed by atoms with van der Waals surface area (Å²) < 4.78 is 7.71. The fourth-order valence-corrected chi connectivity index (χ4v) is 7.53. The van der Waals surface area contributed by atoms with Crippen molar-refractivity contribution in [2.75, 3.05) is 46.3 Å². The Labute approximate surface area is 255 Å². The molecule has 1 atom stereocenters. The lowest BCUT2D eigenvalue weighted by Crippen LogP contribution is -2.58. The standard InChI is InChI=1S/C34H46N6O3/c1-26-20-27(22-30(24-41)36-39-18-16-38(17-19-39)31-10-14-37(2)15-11-31)21-28-23-35-40(32(26)28)25-43-33(42)34(12-6-7-13-34)29-8-4-3-5-9-29/h3-5,8-9,20-21,23-24,30-31,36H,6-7,10-19,22,25H2,1-2H3/t30-/m1/s1. The van der Waals surface area contributed by atoms with E-state index >= 15 is 0 Å². The molecule has 9 nitrogen and oxygen atoms in total. The topological polar surface area (TPSA) is 82.9 Å². The van der Waals surface area contributed by atoms with Crippen LogP contribution >= 0.6 is 0 Å². The third-order valence-electron chi connectivity index (χ3n) is 9.96. The van der Waals surface area contributed by atoms with Gasteiger partial charge < -0.3 is 14.4 Å². The molecular formula is C34H46N6O3. The molecule has 1 N–H and O–H groups in total. The predicted octanol–water partition coefficient (Wildman–Crippen LogP) is 3.68. The van der Waals surface area contributed by atoms with Crippen molar-refractivity contribution < 1.29 is 14.3 Å². The number of nitrogens with zero attached hydrogens (tertiary/aromatic N) is 5. The Hall–Kier alpha value is -3.11. The molecule has 0 spiro atoms. The lowest BCUT2D eigenvalue weighted by Gasteiger charge is -2.42. The first kappa shape index (κ1) is 29.9. The third-order valence-corrected chi connectivity index (χ3v) is 9.96. The lowest BCUT2D eigenvalue weighted by molar-refractivity contribution is -0.154. The maximum Gasteiger partial charge on any atom is 0.318 e. The molecule has 3 fully saturated rings. The zero-order chi connectivity index (χ0) is 29.8. The number of piperidine rings is 1. The Kier molecular flexibility index (Phi) is 9.23. The van der Waals surface area contributed by atoms with Gasteiger partial charge >= 0.3 is 5.97 Å². The summed E-state index contributed by atoms with van der Waals surface area (Å²) in [6.07, 6.45) is 9.65. The van der Waals surface area contributed by atoms with E-state index in [0.29, 0.717) is 12.5 Å². The summed E-state index contributed by atoms with van der Waals surface area (Å²) in [7, 11) is 2.21. The van der Waals surface area contributed by atoms with Gasteiger partial charge in [0.2, 0.25) is 0 Å². The first-order valence-corrected chi connectivity index (χ1v) is 16.0. The van der Waals surface area contributed by atoms with Crippen molar-refractivity contribution in [3.8, 4) is 0 Å². The maximum atomic E-state index is 13.5. The third kappa shape index (κ3) is 6.55. The van der Waals surface area contributed by atoms with E-state index in [4.69, 9.17) is 4.74 Å². The molecule has 0 radical (unpaired) electrons. The number of fused-ring (bicyclic) bond motifs is 1. The normalized spacial score (nSPS) is 21.3. The van der Waals surface area contributed by atoms with Gasteiger partial charge in [-0.1, -0.05) is 49.2 Å². The summed E-state index contributed by atoms with van der Waals surface area (Å²) in [5, 5.41) is 7.78. The molecule has 43 heavy (non-hydrogen) atoms. The molecule has 0 amide bonds. The highest BCUT2D eigenvalue weighted by Crippen LogP contribution is 2.42. The van der Waals surface area contributed by atoms with Crippen LogP contribution in [0.3, 0.4) is 0 Å². The van der Waals surface area contributed by atoms with Crippen LogP contribution in [-0.4, -0.2) is 95.2 Å². The molecule has 0 unspecified atom stereocenters. The fraction of sp³-hybridized carbons (Fsp3) is 0.559. The summed E-state index contributed by atoms with van der Waals surface area (Å²) in [5.41, 5.74) is 7.06. The Morgan fingerprint density at radius 1 is 1.07 bits per heavy atom. The van der Waals surface area contributed by atoms with Gasteiger partial charge in [-0.25, -0.2) is 15.1 Å². The summed E-state index contributed by atoms with van der Waals surface area (Å²) in [6, 6.07) is 14.7. The van der Waals surface area contributed by atoms with Crippen molar-refractivity contribution >= 4 is 23.2 Å². The van der Waals surface area contributed by atoms with E-state index in [1.54, 1.807) is 4.68 Å². The number of piperazine rings is 1. The van der Waals surface area contributed by atoms with Crippen LogP contribution in [0.25, 0.3) is 10.9 Å². The Morgan fingerprint density at radius 2 is 1.79 bits per heavy atom. The Balaban J connectivity index is 1.06. The quantitative estimate of drug-likeness (QED) is 0.285. The van der Waals surface area contributed by atoms with Gasteiger partial charge in [0, 0.05) is 37.6 Å². The molecule has 2 aliphatic heterocycles. The van der Waals surface area contributed by atoms with Crippen LogP contribution in [0, 0.1) is 6.92 Å². The van der Waals surface area contributed by atoms with Crippen LogP contribution in [0.2, 0.25) is 0 Å². The average molecular weight is 587 g/mol. The van der Waals surface area contributed by atoms with Crippen molar-refractivity contribution in [1.82, 2.24) is 30.0 Å². The second-order valence-corrected chi connectivity index (χ2v) is 12.8. The largest absolute Gasteiger partial charge is 0.442 e. The smallest absolute Gasteiger partial charge is 0.318 e. The van der Waals surface area contributed by atoms with Gasteiger partial charge in [0.15, 0.2) is 6.73 Å². The zero-order valence-corrected chi connectivity index (χ0v) is 25.7. The Morgan fingerprint density at radius 3 is 2.49 bits per heavy atom. The molecule has 3 aliphatic rings. The van der Waals surface area contributed by atoms with Crippen LogP contribution in [0.1, 0.15) is 55.2 Å². The molecule has 6 rings (SSSR count).